The van der Waals surface area contributed by atoms with Gasteiger partial charge in [-0.3, -0.25) is 14.5 Å². The number of β-lactam (4-membered cyclic amide) rings is 1. The lowest BCUT2D eigenvalue weighted by molar-refractivity contribution is -0.664. The molecule has 2 atom stereocenters. The molecule has 0 aromatic carbocycles. The van der Waals surface area contributed by atoms with Gasteiger partial charge in [0.25, 0.3) is 11.8 Å². The second-order valence-corrected chi connectivity index (χ2v) is 11.4. The van der Waals surface area contributed by atoms with Gasteiger partial charge < -0.3 is 35.7 Å². The summed E-state index contributed by atoms with van der Waals surface area (Å²) in [6.45, 7) is 5.68. The predicted octanol–water partition coefficient (Wildman–Crippen LogP) is -1.48. The highest BCUT2D eigenvalue weighted by atomic mass is 32.2. The first-order chi connectivity index (χ1) is 20.2. The second kappa shape index (κ2) is 12.4. The first kappa shape index (κ1) is 29.4. The molecule has 0 bridgehead atoms. The number of nitrogens with zero attached hydrogens (tertiary/aromatic N) is 7. The number of hydrogen-bond acceptors (Lipinski definition) is 13. The number of aryl methyl sites for hydroxylation is 2. The third-order valence-corrected chi connectivity index (χ3v) is 8.70. The molecule has 0 spiro atoms. The first-order valence-corrected chi connectivity index (χ1v) is 15.1. The number of carboxylic acid groups (broad SMARTS) is 1. The van der Waals surface area contributed by atoms with Gasteiger partial charge in [-0.15, -0.1) is 11.8 Å². The molecule has 2 unspecified atom stereocenters. The van der Waals surface area contributed by atoms with Crippen molar-refractivity contribution in [1.82, 2.24) is 34.4 Å². The van der Waals surface area contributed by atoms with Crippen LogP contribution in [0.5, 0.6) is 0 Å². The second-order valence-electron chi connectivity index (χ2n) is 9.53. The molecule has 15 nitrogen and oxygen atoms in total. The van der Waals surface area contributed by atoms with Crippen molar-refractivity contribution in [2.24, 2.45) is 5.16 Å². The summed E-state index contributed by atoms with van der Waals surface area (Å²) >= 11 is 2.23. The number of thioether (sulfide) groups is 1. The SMILES string of the molecule is CCO/N=C(\C(=O)NC1C(=O)N2C(C(=O)[O-])=C(C[n+]3cccc4c3nc(C)n4CCCNC)CSC12)c1nsc(N)n1. The molecular formula is C25H30N10O5S2. The Morgan fingerprint density at radius 2 is 2.17 bits per heavy atom. The zero-order chi connectivity index (χ0) is 30.0. The van der Waals surface area contributed by atoms with Crippen LogP contribution < -0.4 is 26.0 Å². The van der Waals surface area contributed by atoms with Gasteiger partial charge in [0, 0.05) is 36.3 Å². The number of carbonyl (C=O) groups is 3. The number of amides is 2. The quantitative estimate of drug-likeness (QED) is 0.0707. The Balaban J connectivity index is 1.37. The summed E-state index contributed by atoms with van der Waals surface area (Å²) < 4.78 is 8.01. The van der Waals surface area contributed by atoms with Crippen LogP contribution in [-0.2, 0) is 32.3 Å². The molecule has 5 heterocycles. The minimum Gasteiger partial charge on any atom is -0.543 e. The molecule has 1 saturated heterocycles. The Morgan fingerprint density at radius 1 is 1.36 bits per heavy atom. The maximum absolute atomic E-state index is 13.2. The Kier molecular flexibility index (Phi) is 8.69. The lowest BCUT2D eigenvalue weighted by atomic mass is 10.0. The lowest BCUT2D eigenvalue weighted by Crippen LogP contribution is -2.71. The van der Waals surface area contributed by atoms with Crippen LogP contribution in [0.25, 0.3) is 11.2 Å². The van der Waals surface area contributed by atoms with Gasteiger partial charge in [0.15, 0.2) is 5.13 Å². The Labute approximate surface area is 249 Å². The number of carboxylic acids is 1. The van der Waals surface area contributed by atoms with Crippen molar-refractivity contribution in [1.29, 1.82) is 0 Å². The van der Waals surface area contributed by atoms with Crippen LogP contribution in [0.1, 0.15) is 25.0 Å². The fourth-order valence-electron chi connectivity index (χ4n) is 4.93. The zero-order valence-electron chi connectivity index (χ0n) is 23.2. The molecule has 222 valence electrons. The Hall–Kier alpha value is -4.09. The number of aliphatic carboxylic acids is 1. The van der Waals surface area contributed by atoms with Gasteiger partial charge in [-0.1, -0.05) is 5.16 Å². The minimum atomic E-state index is -1.46. The molecule has 4 N–H and O–H groups in total. The highest BCUT2D eigenvalue weighted by Gasteiger charge is 2.53. The number of anilines is 1. The van der Waals surface area contributed by atoms with E-state index in [0.717, 1.165) is 42.4 Å². The average Bonchev–Trinajstić information content (AvgIpc) is 3.54. The fraction of sp³-hybridized carbons (Fsp3) is 0.440. The summed E-state index contributed by atoms with van der Waals surface area (Å²) in [6, 6.07) is 2.88. The number of nitrogens with one attached hydrogen (secondary N) is 2. The third-order valence-electron chi connectivity index (χ3n) is 6.82. The van der Waals surface area contributed by atoms with Gasteiger partial charge in [0.2, 0.25) is 17.4 Å². The number of nitrogens with two attached hydrogens (primary N) is 1. The van der Waals surface area contributed by atoms with E-state index in [1.807, 2.05) is 36.9 Å². The van der Waals surface area contributed by atoms with E-state index in [1.165, 1.54) is 16.7 Å². The van der Waals surface area contributed by atoms with Crippen LogP contribution in [0.3, 0.4) is 0 Å². The highest BCUT2D eigenvalue weighted by molar-refractivity contribution is 8.00. The summed E-state index contributed by atoms with van der Waals surface area (Å²) in [5.41, 5.74) is 7.38. The average molecular weight is 615 g/mol. The van der Waals surface area contributed by atoms with Gasteiger partial charge >= 0.3 is 5.65 Å². The fourth-order valence-corrected chi connectivity index (χ4v) is 6.70. The normalized spacial score (nSPS) is 18.7. The van der Waals surface area contributed by atoms with E-state index in [2.05, 4.69) is 29.7 Å². The van der Waals surface area contributed by atoms with Gasteiger partial charge in [0.05, 0.1) is 17.9 Å². The maximum Gasteiger partial charge on any atom is 0.349 e. The van der Waals surface area contributed by atoms with E-state index in [0.29, 0.717) is 17.0 Å². The van der Waals surface area contributed by atoms with Crippen LogP contribution >= 0.6 is 23.3 Å². The van der Waals surface area contributed by atoms with E-state index in [-0.39, 0.29) is 35.5 Å². The smallest absolute Gasteiger partial charge is 0.349 e. The molecule has 42 heavy (non-hydrogen) atoms. The van der Waals surface area contributed by atoms with Crippen LogP contribution in [0, 0.1) is 6.92 Å². The summed E-state index contributed by atoms with van der Waals surface area (Å²) in [7, 11) is 1.91. The number of fused-ring (bicyclic) bond motifs is 2. The van der Waals surface area contributed by atoms with E-state index in [9.17, 15) is 19.5 Å². The molecule has 2 aliphatic rings. The van der Waals surface area contributed by atoms with Crippen molar-refractivity contribution in [2.45, 2.75) is 44.8 Å². The molecule has 2 amide bonds. The lowest BCUT2D eigenvalue weighted by Gasteiger charge is -2.50. The summed E-state index contributed by atoms with van der Waals surface area (Å²) in [6.07, 6.45) is 2.76. The highest BCUT2D eigenvalue weighted by Crippen LogP contribution is 2.40. The first-order valence-electron chi connectivity index (χ1n) is 13.2. The minimum absolute atomic E-state index is 0.0353. The van der Waals surface area contributed by atoms with E-state index < -0.39 is 29.2 Å². The monoisotopic (exact) mass is 614 g/mol. The number of aromatic nitrogens is 5. The van der Waals surface area contributed by atoms with Crippen molar-refractivity contribution in [3.8, 4) is 0 Å². The molecule has 0 aliphatic carbocycles. The number of rotatable bonds is 12. The van der Waals surface area contributed by atoms with Gasteiger partial charge in [0.1, 0.15) is 30.1 Å². The van der Waals surface area contributed by atoms with E-state index in [4.69, 9.17) is 15.6 Å². The zero-order valence-corrected chi connectivity index (χ0v) is 24.8. The summed E-state index contributed by atoms with van der Waals surface area (Å²) in [5, 5.41) is 21.4. The van der Waals surface area contributed by atoms with E-state index in [1.54, 1.807) is 6.92 Å². The number of imidazole rings is 1. The molecular weight excluding hydrogens is 584 g/mol. The van der Waals surface area contributed by atoms with Crippen molar-refractivity contribution >= 4 is 63.1 Å². The number of hydrogen-bond donors (Lipinski definition) is 3. The van der Waals surface area contributed by atoms with Gasteiger partial charge in [-0.25, -0.2) is 4.57 Å². The third kappa shape index (κ3) is 5.54. The Morgan fingerprint density at radius 3 is 2.86 bits per heavy atom. The van der Waals surface area contributed by atoms with Gasteiger partial charge in [-0.05, 0) is 44.1 Å². The predicted molar refractivity (Wildman–Crippen MR) is 153 cm³/mol. The van der Waals surface area contributed by atoms with Crippen LogP contribution in [0.15, 0.2) is 34.8 Å². The van der Waals surface area contributed by atoms with Gasteiger partial charge in [-0.2, -0.15) is 9.36 Å². The topological polar surface area (TPSA) is 197 Å². The van der Waals surface area contributed by atoms with Crippen molar-refractivity contribution < 1.29 is 28.9 Å². The molecule has 5 rings (SSSR count). The molecule has 0 radical (unpaired) electrons. The molecule has 0 saturated carbocycles. The summed E-state index contributed by atoms with van der Waals surface area (Å²) in [4.78, 5) is 53.6. The maximum atomic E-state index is 13.2. The molecule has 2 aliphatic heterocycles. The molecule has 3 aromatic heterocycles. The molecule has 3 aromatic rings. The van der Waals surface area contributed by atoms with E-state index >= 15 is 0 Å². The number of nitrogen functional groups attached to an aromatic ring is 1. The van der Waals surface area contributed by atoms with Crippen molar-refractivity contribution in [2.75, 3.05) is 31.7 Å². The summed E-state index contributed by atoms with van der Waals surface area (Å²) in [5.74, 6) is -1.66. The number of oxime groups is 1. The van der Waals surface area contributed by atoms with Crippen LogP contribution in [0.2, 0.25) is 0 Å². The largest absolute Gasteiger partial charge is 0.543 e. The number of carbonyl (C=O) groups excluding carboxylic acids is 3. The standard InChI is InChI=1S/C25H30N10O5S2/c1-4-40-31-16(19-30-25(26)42-32-19)21(36)29-17-22(37)35-18(24(38)39)14(12-41-23(17)35)11-33-9-5-7-15-20(33)28-13(2)34(15)10-6-8-27-3/h5,7,9,17,23,27H,4,6,8,10-12H2,1-3H3,(H3-,26,29,30,32,36,38,39)/b31-16-. The van der Waals surface area contributed by atoms with Crippen molar-refractivity contribution in [3.05, 3.63) is 41.2 Å². The number of pyridine rings is 1. The Bertz CT molecular complexity index is 1600. The van der Waals surface area contributed by atoms with Crippen LogP contribution in [-0.4, -0.2) is 84.7 Å². The van der Waals surface area contributed by atoms with Crippen LogP contribution in [0.4, 0.5) is 5.13 Å². The molecule has 1 fully saturated rings. The van der Waals surface area contributed by atoms with Crippen molar-refractivity contribution in [3.63, 3.8) is 0 Å². The molecule has 17 heteroatoms.